The van der Waals surface area contributed by atoms with Crippen molar-refractivity contribution in [3.8, 4) is 5.75 Å². The maximum absolute atomic E-state index is 10.4. The molecule has 1 saturated heterocycles. The minimum atomic E-state index is -0.431. The first-order chi connectivity index (χ1) is 13.7. The molecule has 2 aromatic rings. The van der Waals surface area contributed by atoms with Crippen LogP contribution in [-0.4, -0.2) is 68.4 Å². The zero-order chi connectivity index (χ0) is 19.8. The van der Waals surface area contributed by atoms with Crippen LogP contribution in [0.5, 0.6) is 5.75 Å². The number of rotatable bonds is 9. The van der Waals surface area contributed by atoms with Crippen molar-refractivity contribution in [3.05, 3.63) is 65.7 Å². The van der Waals surface area contributed by atoms with Crippen molar-refractivity contribution >= 4 is 24.8 Å². The summed E-state index contributed by atoms with van der Waals surface area (Å²) < 4.78 is 10.9. The summed E-state index contributed by atoms with van der Waals surface area (Å²) in [4.78, 5) is 4.91. The molecule has 2 atom stereocenters. The number of nitrogens with zero attached hydrogens (tertiary/aromatic N) is 2. The van der Waals surface area contributed by atoms with Gasteiger partial charge < -0.3 is 19.5 Å². The topological polar surface area (TPSA) is 45.2 Å². The largest absolute Gasteiger partial charge is 0.497 e. The van der Waals surface area contributed by atoms with Gasteiger partial charge in [0.25, 0.3) is 0 Å². The van der Waals surface area contributed by atoms with Crippen molar-refractivity contribution in [3.63, 3.8) is 0 Å². The van der Waals surface area contributed by atoms with E-state index in [0.29, 0.717) is 0 Å². The van der Waals surface area contributed by atoms with Crippen LogP contribution in [0.25, 0.3) is 0 Å². The van der Waals surface area contributed by atoms with E-state index in [9.17, 15) is 5.11 Å². The molecular weight excluding hydrogens is 423 g/mol. The second-order valence-corrected chi connectivity index (χ2v) is 7.35. The lowest BCUT2D eigenvalue weighted by molar-refractivity contribution is 0.0387. The first kappa shape index (κ1) is 26.7. The van der Waals surface area contributed by atoms with Gasteiger partial charge in [0, 0.05) is 46.4 Å². The third kappa shape index (κ3) is 7.73. The predicted octanol–water partition coefficient (Wildman–Crippen LogP) is 3.97. The number of halogens is 2. The highest BCUT2D eigenvalue weighted by Crippen LogP contribution is 2.21. The number of methoxy groups -OCH3 is 2. The fourth-order valence-electron chi connectivity index (χ4n) is 3.71. The van der Waals surface area contributed by atoms with Crippen molar-refractivity contribution in [2.75, 3.05) is 53.5 Å². The normalized spacial score (nSPS) is 16.8. The SMILES string of the molecule is COc1ccc(C(O)CCN2CCN(CC(OC)c3ccccc3)CC2)cc1.Cl.Cl. The van der Waals surface area contributed by atoms with Crippen molar-refractivity contribution < 1.29 is 14.6 Å². The molecule has 1 aliphatic heterocycles. The first-order valence-corrected chi connectivity index (χ1v) is 10.0. The number of hydrogen-bond donors (Lipinski definition) is 1. The van der Waals surface area contributed by atoms with E-state index < -0.39 is 6.10 Å². The van der Waals surface area contributed by atoms with Crippen LogP contribution < -0.4 is 4.74 Å². The van der Waals surface area contributed by atoms with E-state index in [1.165, 1.54) is 5.56 Å². The average molecular weight is 457 g/mol. The second kappa shape index (κ2) is 13.9. The first-order valence-electron chi connectivity index (χ1n) is 10.0. The third-order valence-corrected chi connectivity index (χ3v) is 5.56. The molecule has 0 spiro atoms. The Balaban J connectivity index is 0.00000225. The van der Waals surface area contributed by atoms with Gasteiger partial charge in [-0.15, -0.1) is 24.8 Å². The summed E-state index contributed by atoms with van der Waals surface area (Å²) in [7, 11) is 3.44. The lowest BCUT2D eigenvalue weighted by Gasteiger charge is -2.36. The summed E-state index contributed by atoms with van der Waals surface area (Å²) in [6.07, 6.45) is 0.432. The lowest BCUT2D eigenvalue weighted by atomic mass is 10.1. The van der Waals surface area contributed by atoms with Crippen LogP contribution >= 0.6 is 24.8 Å². The van der Waals surface area contributed by atoms with Gasteiger partial charge >= 0.3 is 0 Å². The standard InChI is InChI=1S/C23H32N2O3.2ClH/c1-27-21-10-8-19(9-11-21)22(26)12-13-24-14-16-25(17-15-24)18-23(28-2)20-6-4-3-5-7-20;;/h3-11,22-23,26H,12-18H2,1-2H3;2*1H. The van der Waals surface area contributed by atoms with Gasteiger partial charge in [-0.3, -0.25) is 4.90 Å². The Morgan fingerprint density at radius 1 is 0.833 bits per heavy atom. The van der Waals surface area contributed by atoms with Crippen LogP contribution in [0.15, 0.2) is 54.6 Å². The van der Waals surface area contributed by atoms with Gasteiger partial charge in [-0.1, -0.05) is 42.5 Å². The number of hydrogen-bond acceptors (Lipinski definition) is 5. The predicted molar refractivity (Wildman–Crippen MR) is 126 cm³/mol. The van der Waals surface area contributed by atoms with E-state index in [1.54, 1.807) is 14.2 Å². The van der Waals surface area contributed by atoms with Crippen molar-refractivity contribution in [2.24, 2.45) is 0 Å². The summed E-state index contributed by atoms with van der Waals surface area (Å²) >= 11 is 0. The zero-order valence-corrected chi connectivity index (χ0v) is 19.4. The van der Waals surface area contributed by atoms with Crippen LogP contribution in [0.2, 0.25) is 0 Å². The molecule has 168 valence electrons. The van der Waals surface area contributed by atoms with Gasteiger partial charge in [0.05, 0.1) is 19.3 Å². The van der Waals surface area contributed by atoms with Gasteiger partial charge in [-0.2, -0.15) is 0 Å². The zero-order valence-electron chi connectivity index (χ0n) is 17.8. The van der Waals surface area contributed by atoms with Crippen LogP contribution in [0.4, 0.5) is 0 Å². The number of benzene rings is 2. The minimum absolute atomic E-state index is 0. The molecule has 1 aliphatic rings. The molecule has 0 amide bonds. The van der Waals surface area contributed by atoms with Gasteiger partial charge in [-0.05, 0) is 29.7 Å². The highest BCUT2D eigenvalue weighted by molar-refractivity contribution is 5.85. The summed E-state index contributed by atoms with van der Waals surface area (Å²) in [5.74, 6) is 0.817. The Morgan fingerprint density at radius 3 is 2.00 bits per heavy atom. The van der Waals surface area contributed by atoms with E-state index in [4.69, 9.17) is 9.47 Å². The molecule has 5 nitrogen and oxygen atoms in total. The van der Waals surface area contributed by atoms with Gasteiger partial charge in [0.2, 0.25) is 0 Å². The van der Waals surface area contributed by atoms with Crippen LogP contribution in [-0.2, 0) is 4.74 Å². The number of piperazine rings is 1. The van der Waals surface area contributed by atoms with Crippen LogP contribution in [0, 0.1) is 0 Å². The van der Waals surface area contributed by atoms with Crippen LogP contribution in [0.3, 0.4) is 0 Å². The Morgan fingerprint density at radius 2 is 1.43 bits per heavy atom. The monoisotopic (exact) mass is 456 g/mol. The van der Waals surface area contributed by atoms with Gasteiger partial charge in [0.15, 0.2) is 0 Å². The number of aliphatic hydroxyl groups excluding tert-OH is 1. The Bertz CT molecular complexity index is 695. The summed E-state index contributed by atoms with van der Waals surface area (Å²) in [6, 6.07) is 18.1. The van der Waals surface area contributed by atoms with Gasteiger partial charge in [0.1, 0.15) is 5.75 Å². The molecule has 2 aromatic carbocycles. The summed E-state index contributed by atoms with van der Waals surface area (Å²) in [5.41, 5.74) is 2.18. The van der Waals surface area contributed by atoms with Crippen molar-refractivity contribution in [1.82, 2.24) is 9.80 Å². The van der Waals surface area contributed by atoms with E-state index in [0.717, 1.165) is 57.0 Å². The molecule has 2 unspecified atom stereocenters. The van der Waals surface area contributed by atoms with E-state index in [-0.39, 0.29) is 30.9 Å². The smallest absolute Gasteiger partial charge is 0.118 e. The molecule has 0 saturated carbocycles. The minimum Gasteiger partial charge on any atom is -0.497 e. The quantitative estimate of drug-likeness (QED) is 0.618. The van der Waals surface area contributed by atoms with Crippen molar-refractivity contribution in [1.29, 1.82) is 0 Å². The Kier molecular flexibility index (Phi) is 12.3. The molecule has 7 heteroatoms. The fraction of sp³-hybridized carbons (Fsp3) is 0.478. The molecule has 0 aromatic heterocycles. The van der Waals surface area contributed by atoms with Crippen LogP contribution in [0.1, 0.15) is 29.8 Å². The average Bonchev–Trinajstić information content (AvgIpc) is 2.77. The van der Waals surface area contributed by atoms with Gasteiger partial charge in [-0.25, -0.2) is 0 Å². The number of ether oxygens (including phenoxy) is 2. The van der Waals surface area contributed by atoms with Crippen molar-refractivity contribution in [2.45, 2.75) is 18.6 Å². The van der Waals surface area contributed by atoms with E-state index >= 15 is 0 Å². The molecular formula is C23H34Cl2N2O3. The number of aliphatic hydroxyl groups is 1. The second-order valence-electron chi connectivity index (χ2n) is 7.35. The lowest BCUT2D eigenvalue weighted by Crippen LogP contribution is -2.47. The maximum Gasteiger partial charge on any atom is 0.118 e. The molecule has 0 radical (unpaired) electrons. The summed E-state index contributed by atoms with van der Waals surface area (Å²) in [5, 5.41) is 10.4. The molecule has 3 rings (SSSR count). The Hall–Kier alpha value is -1.34. The molecule has 0 aliphatic carbocycles. The molecule has 1 fully saturated rings. The molecule has 0 bridgehead atoms. The Labute approximate surface area is 192 Å². The molecule has 30 heavy (non-hydrogen) atoms. The highest BCUT2D eigenvalue weighted by Gasteiger charge is 2.21. The highest BCUT2D eigenvalue weighted by atomic mass is 35.5. The molecule has 1 heterocycles. The fourth-order valence-corrected chi connectivity index (χ4v) is 3.71. The molecule has 1 N–H and O–H groups in total. The maximum atomic E-state index is 10.4. The van der Waals surface area contributed by atoms with E-state index in [1.807, 2.05) is 30.3 Å². The third-order valence-electron chi connectivity index (χ3n) is 5.56. The summed E-state index contributed by atoms with van der Waals surface area (Å²) in [6.45, 7) is 5.95. The van der Waals surface area contributed by atoms with E-state index in [2.05, 4.69) is 34.1 Å².